The van der Waals surface area contributed by atoms with Gasteiger partial charge in [-0.2, -0.15) is 0 Å². The van der Waals surface area contributed by atoms with Crippen LogP contribution in [0.4, 0.5) is 0 Å². The van der Waals surface area contributed by atoms with Gasteiger partial charge >= 0.3 is 0 Å². The van der Waals surface area contributed by atoms with Crippen LogP contribution in [0.2, 0.25) is 0 Å². The quantitative estimate of drug-likeness (QED) is 0.666. The molecule has 1 amide bonds. The van der Waals surface area contributed by atoms with E-state index >= 15 is 0 Å². The van der Waals surface area contributed by atoms with Gasteiger partial charge in [0, 0.05) is 18.5 Å². The summed E-state index contributed by atoms with van der Waals surface area (Å²) < 4.78 is 0. The molecule has 148 valence electrons. The summed E-state index contributed by atoms with van der Waals surface area (Å²) >= 11 is 0. The number of amides is 1. The van der Waals surface area contributed by atoms with E-state index < -0.39 is 0 Å². The summed E-state index contributed by atoms with van der Waals surface area (Å²) in [6.45, 7) is 1.83. The Morgan fingerprint density at radius 1 is 0.897 bits per heavy atom. The summed E-state index contributed by atoms with van der Waals surface area (Å²) in [5.74, 6) is 0.222. The van der Waals surface area contributed by atoms with Crippen molar-refractivity contribution in [1.82, 2.24) is 10.6 Å². The van der Waals surface area contributed by atoms with Crippen LogP contribution in [-0.2, 0) is 11.2 Å². The lowest BCUT2D eigenvalue weighted by atomic mass is 9.85. The largest absolute Gasteiger partial charge is 0.352 e. The SMILES string of the molecule is O=C(NC1CCNCC1c1ccccc1)C(Cc1ccccc1)c1ccccc1. The predicted molar refractivity (Wildman–Crippen MR) is 118 cm³/mol. The Balaban J connectivity index is 1.55. The zero-order valence-corrected chi connectivity index (χ0v) is 16.6. The first-order valence-corrected chi connectivity index (χ1v) is 10.5. The molecule has 1 fully saturated rings. The lowest BCUT2D eigenvalue weighted by Gasteiger charge is -2.34. The molecule has 0 radical (unpaired) electrons. The van der Waals surface area contributed by atoms with Gasteiger partial charge in [0.2, 0.25) is 5.91 Å². The number of piperidine rings is 1. The summed E-state index contributed by atoms with van der Waals surface area (Å²) in [7, 11) is 0. The first-order valence-electron chi connectivity index (χ1n) is 10.5. The molecule has 2 N–H and O–H groups in total. The minimum absolute atomic E-state index is 0.118. The van der Waals surface area contributed by atoms with Gasteiger partial charge in [-0.15, -0.1) is 0 Å². The number of nitrogens with one attached hydrogen (secondary N) is 2. The number of benzene rings is 3. The molecule has 0 spiro atoms. The van der Waals surface area contributed by atoms with Gasteiger partial charge < -0.3 is 10.6 Å². The smallest absolute Gasteiger partial charge is 0.228 e. The molecule has 1 aliphatic heterocycles. The van der Waals surface area contributed by atoms with Crippen LogP contribution in [0.25, 0.3) is 0 Å². The van der Waals surface area contributed by atoms with E-state index in [1.165, 1.54) is 11.1 Å². The first-order chi connectivity index (χ1) is 14.3. The van der Waals surface area contributed by atoms with Gasteiger partial charge in [0.25, 0.3) is 0 Å². The molecule has 3 aromatic rings. The fourth-order valence-corrected chi connectivity index (χ4v) is 4.26. The molecule has 0 saturated carbocycles. The van der Waals surface area contributed by atoms with Crippen molar-refractivity contribution < 1.29 is 4.79 Å². The number of carbonyl (C=O) groups is 1. The molecule has 3 atom stereocenters. The maximum Gasteiger partial charge on any atom is 0.228 e. The first kappa shape index (κ1) is 19.4. The molecule has 0 aliphatic carbocycles. The zero-order chi connectivity index (χ0) is 19.9. The van der Waals surface area contributed by atoms with Crippen molar-refractivity contribution in [3.63, 3.8) is 0 Å². The zero-order valence-electron chi connectivity index (χ0n) is 16.6. The fraction of sp³-hybridized carbons (Fsp3) is 0.269. The van der Waals surface area contributed by atoms with Gasteiger partial charge in [0.05, 0.1) is 5.92 Å². The molecule has 3 aromatic carbocycles. The summed E-state index contributed by atoms with van der Waals surface area (Å²) in [6.07, 6.45) is 1.65. The second-order valence-corrected chi connectivity index (χ2v) is 7.78. The molecule has 1 heterocycles. The second kappa shape index (κ2) is 9.53. The average molecular weight is 385 g/mol. The van der Waals surface area contributed by atoms with E-state index in [0.717, 1.165) is 25.1 Å². The fourth-order valence-electron chi connectivity index (χ4n) is 4.26. The highest BCUT2D eigenvalue weighted by Crippen LogP contribution is 2.26. The monoisotopic (exact) mass is 384 g/mol. The van der Waals surface area contributed by atoms with Crippen molar-refractivity contribution in [3.8, 4) is 0 Å². The molecule has 1 saturated heterocycles. The van der Waals surface area contributed by atoms with Gasteiger partial charge in [-0.05, 0) is 36.1 Å². The molecular weight excluding hydrogens is 356 g/mol. The van der Waals surface area contributed by atoms with Crippen LogP contribution >= 0.6 is 0 Å². The molecule has 4 rings (SSSR count). The van der Waals surface area contributed by atoms with Gasteiger partial charge in [-0.1, -0.05) is 91.0 Å². The van der Waals surface area contributed by atoms with Crippen LogP contribution in [0.1, 0.15) is 34.9 Å². The summed E-state index contributed by atoms with van der Waals surface area (Å²) in [5, 5.41) is 6.89. The number of rotatable bonds is 6. The summed E-state index contributed by atoms with van der Waals surface area (Å²) in [4.78, 5) is 13.5. The van der Waals surface area contributed by atoms with E-state index in [1.807, 2.05) is 42.5 Å². The Hall–Kier alpha value is -2.91. The van der Waals surface area contributed by atoms with Crippen LogP contribution in [0.5, 0.6) is 0 Å². The molecule has 0 bridgehead atoms. The Morgan fingerprint density at radius 2 is 1.52 bits per heavy atom. The minimum atomic E-state index is -0.190. The standard InChI is InChI=1S/C26H28N2O/c29-26(28-25-16-17-27-19-24(25)22-14-8-3-9-15-22)23(21-12-6-2-7-13-21)18-20-10-4-1-5-11-20/h1-15,23-25,27H,16-19H2,(H,28,29). The van der Waals surface area contributed by atoms with E-state index in [-0.39, 0.29) is 17.9 Å². The Labute approximate surface area is 173 Å². The van der Waals surface area contributed by atoms with Crippen molar-refractivity contribution >= 4 is 5.91 Å². The topological polar surface area (TPSA) is 41.1 Å². The molecule has 1 aliphatic rings. The van der Waals surface area contributed by atoms with Crippen molar-refractivity contribution in [1.29, 1.82) is 0 Å². The highest BCUT2D eigenvalue weighted by Gasteiger charge is 2.30. The van der Waals surface area contributed by atoms with E-state index in [9.17, 15) is 4.79 Å². The van der Waals surface area contributed by atoms with Gasteiger partial charge in [0.1, 0.15) is 0 Å². The predicted octanol–water partition coefficient (Wildman–Crippen LogP) is 4.27. The minimum Gasteiger partial charge on any atom is -0.352 e. The van der Waals surface area contributed by atoms with Crippen molar-refractivity contribution in [2.24, 2.45) is 0 Å². The lowest BCUT2D eigenvalue weighted by molar-refractivity contribution is -0.123. The average Bonchev–Trinajstić information content (AvgIpc) is 2.79. The second-order valence-electron chi connectivity index (χ2n) is 7.78. The van der Waals surface area contributed by atoms with Gasteiger partial charge in [-0.3, -0.25) is 4.79 Å². The summed E-state index contributed by atoms with van der Waals surface area (Å²) in [6, 6.07) is 31.1. The molecule has 3 heteroatoms. The Bertz CT molecular complexity index is 896. The number of hydrogen-bond donors (Lipinski definition) is 2. The maximum atomic E-state index is 13.5. The molecule has 0 aromatic heterocycles. The van der Waals surface area contributed by atoms with Crippen LogP contribution in [0, 0.1) is 0 Å². The Kier molecular flexibility index (Phi) is 6.38. The molecule has 3 unspecified atom stereocenters. The molecule has 3 nitrogen and oxygen atoms in total. The van der Waals surface area contributed by atoms with Crippen molar-refractivity contribution in [2.45, 2.75) is 30.7 Å². The van der Waals surface area contributed by atoms with Gasteiger partial charge in [0.15, 0.2) is 0 Å². The molecular formula is C26H28N2O. The lowest BCUT2D eigenvalue weighted by Crippen LogP contribution is -2.49. The maximum absolute atomic E-state index is 13.5. The van der Waals surface area contributed by atoms with Crippen molar-refractivity contribution in [2.75, 3.05) is 13.1 Å². The van der Waals surface area contributed by atoms with Crippen LogP contribution in [0.15, 0.2) is 91.0 Å². The number of carbonyl (C=O) groups excluding carboxylic acids is 1. The van der Waals surface area contributed by atoms with E-state index in [2.05, 4.69) is 59.2 Å². The van der Waals surface area contributed by atoms with Gasteiger partial charge in [-0.25, -0.2) is 0 Å². The number of hydrogen-bond acceptors (Lipinski definition) is 2. The van der Waals surface area contributed by atoms with E-state index in [4.69, 9.17) is 0 Å². The third-order valence-corrected chi connectivity index (χ3v) is 5.84. The highest BCUT2D eigenvalue weighted by atomic mass is 16.1. The van der Waals surface area contributed by atoms with Crippen molar-refractivity contribution in [3.05, 3.63) is 108 Å². The van der Waals surface area contributed by atoms with E-state index in [0.29, 0.717) is 12.3 Å². The van der Waals surface area contributed by atoms with Crippen LogP contribution in [-0.4, -0.2) is 25.0 Å². The molecule has 29 heavy (non-hydrogen) atoms. The third-order valence-electron chi connectivity index (χ3n) is 5.84. The highest BCUT2D eigenvalue weighted by molar-refractivity contribution is 5.84. The van der Waals surface area contributed by atoms with Crippen LogP contribution in [0.3, 0.4) is 0 Å². The third kappa shape index (κ3) is 4.93. The Morgan fingerprint density at radius 3 is 2.21 bits per heavy atom. The normalized spacial score (nSPS) is 20.0. The van der Waals surface area contributed by atoms with E-state index in [1.54, 1.807) is 0 Å². The summed E-state index contributed by atoms with van der Waals surface area (Å²) in [5.41, 5.74) is 3.53. The van der Waals surface area contributed by atoms with Crippen LogP contribution < -0.4 is 10.6 Å².